The molecule has 2 aromatic heterocycles. The third-order valence-electron chi connectivity index (χ3n) is 3.90. The van der Waals surface area contributed by atoms with Crippen molar-refractivity contribution in [3.63, 3.8) is 0 Å². The van der Waals surface area contributed by atoms with Gasteiger partial charge in [-0.2, -0.15) is 5.21 Å². The molecule has 4 rings (SSSR count). The predicted octanol–water partition coefficient (Wildman–Crippen LogP) is 1.09. The summed E-state index contributed by atoms with van der Waals surface area (Å²) in [5.74, 6) is -0.362. The fourth-order valence-corrected chi connectivity index (χ4v) is 2.67. The monoisotopic (exact) mass is 350 g/mol. The molecule has 130 valence electrons. The number of tetrazole rings is 1. The van der Waals surface area contributed by atoms with Gasteiger partial charge in [0.05, 0.1) is 5.52 Å². The zero-order chi connectivity index (χ0) is 17.9. The third kappa shape index (κ3) is 3.09. The minimum Gasteiger partial charge on any atom is -0.408 e. The van der Waals surface area contributed by atoms with E-state index in [1.165, 1.54) is 4.57 Å². The molecule has 0 spiro atoms. The molecule has 1 amide bonds. The second kappa shape index (κ2) is 6.63. The van der Waals surface area contributed by atoms with E-state index in [2.05, 4.69) is 25.9 Å². The second-order valence-corrected chi connectivity index (χ2v) is 5.63. The highest BCUT2D eigenvalue weighted by Crippen LogP contribution is 2.15. The number of H-pyrrole nitrogens is 1. The van der Waals surface area contributed by atoms with E-state index in [4.69, 9.17) is 4.42 Å². The summed E-state index contributed by atoms with van der Waals surface area (Å²) < 4.78 is 6.43. The van der Waals surface area contributed by atoms with Crippen molar-refractivity contribution in [3.8, 4) is 11.4 Å². The lowest BCUT2D eigenvalue weighted by atomic mass is 10.1. The summed E-state index contributed by atoms with van der Waals surface area (Å²) in [5.41, 5.74) is 2.72. The van der Waals surface area contributed by atoms with Crippen LogP contribution in [0, 0.1) is 0 Å². The number of para-hydroxylation sites is 2. The Hall–Kier alpha value is -3.75. The van der Waals surface area contributed by atoms with Crippen LogP contribution in [0.15, 0.2) is 57.7 Å². The van der Waals surface area contributed by atoms with Gasteiger partial charge in [-0.15, -0.1) is 10.2 Å². The minimum absolute atomic E-state index is 0.111. The first-order chi connectivity index (χ1) is 12.7. The number of aromatic nitrogens is 5. The number of hydrogen-bond acceptors (Lipinski definition) is 6. The maximum atomic E-state index is 12.2. The molecule has 0 saturated carbocycles. The fourth-order valence-electron chi connectivity index (χ4n) is 2.67. The molecule has 9 nitrogen and oxygen atoms in total. The first kappa shape index (κ1) is 15.8. The zero-order valence-corrected chi connectivity index (χ0v) is 13.5. The molecule has 0 aliphatic rings. The van der Waals surface area contributed by atoms with Gasteiger partial charge in [0, 0.05) is 12.1 Å². The summed E-state index contributed by atoms with van der Waals surface area (Å²) in [5, 5.41) is 16.6. The molecule has 0 saturated heterocycles. The number of carbonyl (C=O) groups is 1. The average Bonchev–Trinajstić information content (AvgIpc) is 3.29. The Morgan fingerprint density at radius 1 is 1.19 bits per heavy atom. The Morgan fingerprint density at radius 2 is 2.08 bits per heavy atom. The van der Waals surface area contributed by atoms with Crippen LogP contribution in [0.3, 0.4) is 0 Å². The van der Waals surface area contributed by atoms with Gasteiger partial charge in [0.2, 0.25) is 11.7 Å². The number of fused-ring (bicyclic) bond motifs is 1. The molecule has 0 aliphatic heterocycles. The summed E-state index contributed by atoms with van der Waals surface area (Å²) in [6, 6.07) is 14.4. The Morgan fingerprint density at radius 3 is 2.92 bits per heavy atom. The van der Waals surface area contributed by atoms with E-state index >= 15 is 0 Å². The van der Waals surface area contributed by atoms with Gasteiger partial charge < -0.3 is 9.73 Å². The number of oxazole rings is 1. The van der Waals surface area contributed by atoms with Gasteiger partial charge in [0.15, 0.2) is 5.58 Å². The van der Waals surface area contributed by atoms with Crippen LogP contribution in [0.5, 0.6) is 0 Å². The number of hydrogen-bond donors (Lipinski definition) is 2. The highest BCUT2D eigenvalue weighted by molar-refractivity contribution is 5.79. The molecule has 0 radical (unpaired) electrons. The van der Waals surface area contributed by atoms with E-state index in [9.17, 15) is 9.59 Å². The van der Waals surface area contributed by atoms with Crippen molar-refractivity contribution in [2.45, 2.75) is 13.1 Å². The maximum Gasteiger partial charge on any atom is 0.420 e. The third-order valence-corrected chi connectivity index (χ3v) is 3.90. The SMILES string of the molecule is O=C(Cn1c(=O)oc2ccccc21)NCc1cccc(-c2nn[nH]n2)c1. The summed E-state index contributed by atoms with van der Waals surface area (Å²) in [6.45, 7) is 0.204. The van der Waals surface area contributed by atoms with E-state index in [1.807, 2.05) is 24.3 Å². The Kier molecular flexibility index (Phi) is 4.02. The van der Waals surface area contributed by atoms with Crippen molar-refractivity contribution in [2.75, 3.05) is 0 Å². The van der Waals surface area contributed by atoms with Gasteiger partial charge in [-0.05, 0) is 29.0 Å². The lowest BCUT2D eigenvalue weighted by Gasteiger charge is -2.07. The number of carbonyl (C=O) groups excluding carboxylic acids is 1. The van der Waals surface area contributed by atoms with Crippen LogP contribution in [0.4, 0.5) is 0 Å². The molecule has 0 atom stereocenters. The largest absolute Gasteiger partial charge is 0.420 e. The smallest absolute Gasteiger partial charge is 0.408 e. The first-order valence-corrected chi connectivity index (χ1v) is 7.88. The van der Waals surface area contributed by atoms with E-state index in [1.54, 1.807) is 24.3 Å². The lowest BCUT2D eigenvalue weighted by molar-refractivity contribution is -0.121. The summed E-state index contributed by atoms with van der Waals surface area (Å²) in [7, 11) is 0. The Balaban J connectivity index is 1.45. The molecule has 9 heteroatoms. The Labute approximate surface area is 146 Å². The van der Waals surface area contributed by atoms with Gasteiger partial charge in [-0.25, -0.2) is 4.79 Å². The van der Waals surface area contributed by atoms with Crippen LogP contribution in [-0.4, -0.2) is 31.1 Å². The van der Waals surface area contributed by atoms with Crippen LogP contribution in [0.1, 0.15) is 5.56 Å². The number of nitrogens with zero attached hydrogens (tertiary/aromatic N) is 4. The number of rotatable bonds is 5. The van der Waals surface area contributed by atoms with Crippen molar-refractivity contribution in [3.05, 3.63) is 64.6 Å². The molecule has 2 heterocycles. The van der Waals surface area contributed by atoms with E-state index in [0.717, 1.165) is 11.1 Å². The standard InChI is InChI=1S/C17H14N6O3/c24-15(10-23-13-6-1-2-7-14(13)26-17(23)25)18-9-11-4-3-5-12(8-11)16-19-21-22-20-16/h1-8H,9-10H2,(H,18,24)(H,19,20,21,22). The lowest BCUT2D eigenvalue weighted by Crippen LogP contribution is -2.30. The van der Waals surface area contributed by atoms with Crippen LogP contribution < -0.4 is 11.1 Å². The van der Waals surface area contributed by atoms with E-state index in [0.29, 0.717) is 23.5 Å². The van der Waals surface area contributed by atoms with E-state index < -0.39 is 5.76 Å². The summed E-state index contributed by atoms with van der Waals surface area (Å²) in [6.07, 6.45) is 0. The highest BCUT2D eigenvalue weighted by atomic mass is 16.4. The molecule has 0 unspecified atom stereocenters. The van der Waals surface area contributed by atoms with Gasteiger partial charge in [0.25, 0.3) is 0 Å². The fraction of sp³-hybridized carbons (Fsp3) is 0.118. The summed E-state index contributed by atoms with van der Waals surface area (Å²) in [4.78, 5) is 24.2. The molecule has 2 N–H and O–H groups in total. The predicted molar refractivity (Wildman–Crippen MR) is 91.9 cm³/mol. The molecule has 4 aromatic rings. The molecule has 0 fully saturated rings. The summed E-state index contributed by atoms with van der Waals surface area (Å²) >= 11 is 0. The average molecular weight is 350 g/mol. The first-order valence-electron chi connectivity index (χ1n) is 7.88. The highest BCUT2D eigenvalue weighted by Gasteiger charge is 2.12. The molecule has 0 bridgehead atoms. The van der Waals surface area contributed by atoms with Crippen LogP contribution in [0.25, 0.3) is 22.5 Å². The van der Waals surface area contributed by atoms with Crippen LogP contribution >= 0.6 is 0 Å². The van der Waals surface area contributed by atoms with Crippen molar-refractivity contribution in [1.29, 1.82) is 0 Å². The van der Waals surface area contributed by atoms with Crippen LogP contribution in [-0.2, 0) is 17.9 Å². The van der Waals surface area contributed by atoms with Crippen LogP contribution in [0.2, 0.25) is 0 Å². The van der Waals surface area contributed by atoms with Crippen molar-refractivity contribution < 1.29 is 9.21 Å². The number of aromatic amines is 1. The number of amides is 1. The van der Waals surface area contributed by atoms with E-state index in [-0.39, 0.29) is 12.5 Å². The Bertz CT molecular complexity index is 1110. The zero-order valence-electron chi connectivity index (χ0n) is 13.5. The van der Waals surface area contributed by atoms with Gasteiger partial charge in [-0.1, -0.05) is 30.3 Å². The topological polar surface area (TPSA) is 119 Å². The van der Waals surface area contributed by atoms with Gasteiger partial charge in [-0.3, -0.25) is 9.36 Å². The van der Waals surface area contributed by atoms with Crippen molar-refractivity contribution in [2.24, 2.45) is 0 Å². The molecule has 2 aromatic carbocycles. The molecular weight excluding hydrogens is 336 g/mol. The van der Waals surface area contributed by atoms with Gasteiger partial charge in [0.1, 0.15) is 6.54 Å². The molecule has 0 aliphatic carbocycles. The maximum absolute atomic E-state index is 12.2. The quantitative estimate of drug-likeness (QED) is 0.556. The normalized spacial score (nSPS) is 10.9. The van der Waals surface area contributed by atoms with Crippen molar-refractivity contribution in [1.82, 2.24) is 30.5 Å². The second-order valence-electron chi connectivity index (χ2n) is 5.63. The van der Waals surface area contributed by atoms with Crippen molar-refractivity contribution >= 4 is 17.0 Å². The molecule has 26 heavy (non-hydrogen) atoms. The minimum atomic E-state index is -0.555. The van der Waals surface area contributed by atoms with Gasteiger partial charge >= 0.3 is 5.76 Å². The molecular formula is C17H14N6O3. The number of nitrogens with one attached hydrogen (secondary N) is 2. The number of benzene rings is 2.